The molecule has 2 N–H and O–H groups in total. The first-order valence-corrected chi connectivity index (χ1v) is 7.37. The van der Waals surface area contributed by atoms with Gasteiger partial charge in [-0.15, -0.1) is 0 Å². The van der Waals surface area contributed by atoms with Crippen molar-refractivity contribution in [1.82, 2.24) is 10.6 Å². The summed E-state index contributed by atoms with van der Waals surface area (Å²) in [6.45, 7) is 13.2. The van der Waals surface area contributed by atoms with Gasteiger partial charge in [0.1, 0.15) is 0 Å². The first kappa shape index (κ1) is 15.5. The smallest absolute Gasteiger partial charge is 0.237 e. The van der Waals surface area contributed by atoms with Crippen molar-refractivity contribution in [2.45, 2.75) is 72.5 Å². The number of rotatable bonds is 5. The molecule has 0 aromatic rings. The Balaban J connectivity index is 2.72. The van der Waals surface area contributed by atoms with Crippen LogP contribution >= 0.6 is 0 Å². The van der Waals surface area contributed by atoms with E-state index in [4.69, 9.17) is 0 Å². The number of carbonyl (C=O) groups is 1. The highest BCUT2D eigenvalue weighted by molar-refractivity contribution is 5.83. The lowest BCUT2D eigenvalue weighted by Gasteiger charge is -2.41. The van der Waals surface area contributed by atoms with Gasteiger partial charge in [-0.2, -0.15) is 0 Å². The summed E-state index contributed by atoms with van der Waals surface area (Å²) in [5.41, 5.74) is 0. The van der Waals surface area contributed by atoms with Gasteiger partial charge in [-0.05, 0) is 30.6 Å². The summed E-state index contributed by atoms with van der Waals surface area (Å²) in [6.07, 6.45) is 2.04. The largest absolute Gasteiger partial charge is 0.350 e. The van der Waals surface area contributed by atoms with Crippen LogP contribution in [0.15, 0.2) is 0 Å². The van der Waals surface area contributed by atoms with Crippen LogP contribution in [0.4, 0.5) is 0 Å². The van der Waals surface area contributed by atoms with E-state index in [2.05, 4.69) is 52.2 Å². The lowest BCUT2D eigenvalue weighted by atomic mass is 9.86. The van der Waals surface area contributed by atoms with Gasteiger partial charge in [-0.25, -0.2) is 0 Å². The number of carbonyl (C=O) groups excluding carboxylic acids is 1. The molecule has 1 aliphatic heterocycles. The highest BCUT2D eigenvalue weighted by Gasteiger charge is 2.36. The molecule has 0 aromatic heterocycles. The third-order valence-corrected chi connectivity index (χ3v) is 3.62. The second-order valence-electron chi connectivity index (χ2n) is 6.86. The highest BCUT2D eigenvalue weighted by Crippen LogP contribution is 2.20. The van der Waals surface area contributed by atoms with Crippen molar-refractivity contribution in [2.75, 3.05) is 0 Å². The summed E-state index contributed by atoms with van der Waals surface area (Å²) in [5.74, 6) is 1.86. The van der Waals surface area contributed by atoms with Crippen LogP contribution in [0.25, 0.3) is 0 Å². The molecule has 1 aliphatic rings. The maximum Gasteiger partial charge on any atom is 0.237 e. The van der Waals surface area contributed by atoms with Gasteiger partial charge in [-0.1, -0.05) is 41.5 Å². The van der Waals surface area contributed by atoms with Crippen molar-refractivity contribution in [3.8, 4) is 0 Å². The fourth-order valence-corrected chi connectivity index (χ4v) is 2.80. The predicted molar refractivity (Wildman–Crippen MR) is 76.4 cm³/mol. The molecular weight excluding hydrogens is 224 g/mol. The van der Waals surface area contributed by atoms with E-state index in [0.717, 1.165) is 12.8 Å². The lowest BCUT2D eigenvalue weighted by molar-refractivity contribution is -0.127. The van der Waals surface area contributed by atoms with Gasteiger partial charge in [0.05, 0.1) is 6.04 Å². The summed E-state index contributed by atoms with van der Waals surface area (Å²) in [6, 6.07) is 0.665. The fourth-order valence-electron chi connectivity index (χ4n) is 2.80. The van der Waals surface area contributed by atoms with Crippen LogP contribution in [-0.2, 0) is 4.79 Å². The van der Waals surface area contributed by atoms with Gasteiger partial charge in [0.15, 0.2) is 0 Å². The first-order chi connectivity index (χ1) is 8.31. The van der Waals surface area contributed by atoms with E-state index in [0.29, 0.717) is 23.8 Å². The monoisotopic (exact) mass is 254 g/mol. The lowest BCUT2D eigenvalue weighted by Crippen LogP contribution is -2.65. The zero-order valence-corrected chi connectivity index (χ0v) is 12.8. The van der Waals surface area contributed by atoms with E-state index >= 15 is 0 Å². The zero-order chi connectivity index (χ0) is 13.9. The number of amides is 1. The Morgan fingerprint density at radius 3 is 2.00 bits per heavy atom. The quantitative estimate of drug-likeness (QED) is 0.791. The molecule has 1 saturated heterocycles. The number of hydrogen-bond acceptors (Lipinski definition) is 2. The third kappa shape index (κ3) is 4.27. The van der Waals surface area contributed by atoms with Crippen molar-refractivity contribution < 1.29 is 4.79 Å². The average molecular weight is 254 g/mol. The Hall–Kier alpha value is -0.570. The summed E-state index contributed by atoms with van der Waals surface area (Å²) in [7, 11) is 0. The second kappa shape index (κ2) is 6.55. The molecule has 3 heteroatoms. The molecule has 0 radical (unpaired) electrons. The number of hydrogen-bond donors (Lipinski definition) is 2. The summed E-state index contributed by atoms with van der Waals surface area (Å²) in [5, 5.41) is 6.81. The minimum Gasteiger partial charge on any atom is -0.350 e. The first-order valence-electron chi connectivity index (χ1n) is 7.37. The minimum absolute atomic E-state index is 0.0104. The van der Waals surface area contributed by atoms with E-state index in [1.807, 2.05) is 0 Å². The van der Waals surface area contributed by atoms with Gasteiger partial charge in [0.2, 0.25) is 5.91 Å². The van der Waals surface area contributed by atoms with Crippen molar-refractivity contribution in [2.24, 2.45) is 17.8 Å². The molecular formula is C15H30N2O. The van der Waals surface area contributed by atoms with Gasteiger partial charge < -0.3 is 10.6 Å². The SMILES string of the molecule is CC(C)C[C@@H]1N[C@@H](CC(C)C)[C@H](C(C)C)NC1=O. The van der Waals surface area contributed by atoms with Crippen LogP contribution in [0.3, 0.4) is 0 Å². The molecule has 0 aromatic carbocycles. The molecule has 1 fully saturated rings. The molecule has 0 unspecified atom stereocenters. The van der Waals surface area contributed by atoms with E-state index < -0.39 is 0 Å². The topological polar surface area (TPSA) is 41.1 Å². The van der Waals surface area contributed by atoms with Gasteiger partial charge >= 0.3 is 0 Å². The van der Waals surface area contributed by atoms with Gasteiger partial charge in [-0.3, -0.25) is 4.79 Å². The molecule has 1 rings (SSSR count). The minimum atomic E-state index is -0.0104. The van der Waals surface area contributed by atoms with Crippen LogP contribution in [-0.4, -0.2) is 24.0 Å². The van der Waals surface area contributed by atoms with E-state index in [1.54, 1.807) is 0 Å². The molecule has 1 amide bonds. The molecule has 1 heterocycles. The zero-order valence-electron chi connectivity index (χ0n) is 12.8. The van der Waals surface area contributed by atoms with Crippen molar-refractivity contribution in [3.63, 3.8) is 0 Å². The van der Waals surface area contributed by atoms with Gasteiger partial charge in [0.25, 0.3) is 0 Å². The maximum absolute atomic E-state index is 12.1. The Morgan fingerprint density at radius 1 is 1.00 bits per heavy atom. The van der Waals surface area contributed by atoms with Gasteiger partial charge in [0, 0.05) is 12.1 Å². The molecule has 0 spiro atoms. The number of nitrogens with one attached hydrogen (secondary N) is 2. The van der Waals surface area contributed by atoms with Crippen molar-refractivity contribution in [1.29, 1.82) is 0 Å². The number of piperazine rings is 1. The molecule has 0 aliphatic carbocycles. The highest BCUT2D eigenvalue weighted by atomic mass is 16.2. The molecule has 0 bridgehead atoms. The van der Waals surface area contributed by atoms with Crippen molar-refractivity contribution >= 4 is 5.91 Å². The van der Waals surface area contributed by atoms with E-state index in [1.165, 1.54) is 0 Å². The Kier molecular flexibility index (Phi) is 5.64. The second-order valence-corrected chi connectivity index (χ2v) is 6.86. The normalized spacial score (nSPS) is 29.2. The predicted octanol–water partition coefficient (Wildman–Crippen LogP) is 2.56. The van der Waals surface area contributed by atoms with Crippen LogP contribution < -0.4 is 10.6 Å². The van der Waals surface area contributed by atoms with Crippen LogP contribution in [0.2, 0.25) is 0 Å². The molecule has 3 atom stereocenters. The summed E-state index contributed by atoms with van der Waals surface area (Å²) >= 11 is 0. The Morgan fingerprint density at radius 2 is 1.56 bits per heavy atom. The molecule has 18 heavy (non-hydrogen) atoms. The standard InChI is InChI=1S/C15H30N2O/c1-9(2)7-12-14(11(5)6)17-15(18)13(16-12)8-10(3)4/h9-14,16H,7-8H2,1-6H3,(H,17,18)/t12-,13-,14-/m0/s1. The summed E-state index contributed by atoms with van der Waals surface area (Å²) < 4.78 is 0. The molecule has 3 nitrogen and oxygen atoms in total. The van der Waals surface area contributed by atoms with Crippen molar-refractivity contribution in [3.05, 3.63) is 0 Å². The average Bonchev–Trinajstić information content (AvgIpc) is 2.20. The Bertz CT molecular complexity index is 274. The molecule has 106 valence electrons. The fraction of sp³-hybridized carbons (Fsp3) is 0.933. The summed E-state index contributed by atoms with van der Waals surface area (Å²) in [4.78, 5) is 12.1. The van der Waals surface area contributed by atoms with Crippen LogP contribution in [0, 0.1) is 17.8 Å². The van der Waals surface area contributed by atoms with Crippen LogP contribution in [0.1, 0.15) is 54.4 Å². The Labute approximate surface area is 112 Å². The van der Waals surface area contributed by atoms with Crippen LogP contribution in [0.5, 0.6) is 0 Å². The maximum atomic E-state index is 12.1. The third-order valence-electron chi connectivity index (χ3n) is 3.62. The van der Waals surface area contributed by atoms with E-state index in [9.17, 15) is 4.79 Å². The molecule has 0 saturated carbocycles. The van der Waals surface area contributed by atoms with E-state index in [-0.39, 0.29) is 18.0 Å².